The van der Waals surface area contributed by atoms with Crippen molar-refractivity contribution in [2.75, 3.05) is 27.2 Å². The van der Waals surface area contributed by atoms with E-state index in [9.17, 15) is 0 Å². The number of likely N-dealkylation sites (tertiary alicyclic amines) is 1. The molecule has 0 amide bonds. The van der Waals surface area contributed by atoms with E-state index in [1.54, 1.807) is 0 Å². The van der Waals surface area contributed by atoms with Crippen LogP contribution in [0.2, 0.25) is 0 Å². The van der Waals surface area contributed by atoms with Crippen LogP contribution >= 0.6 is 0 Å². The topological polar surface area (TPSA) is 24.5 Å². The summed E-state index contributed by atoms with van der Waals surface area (Å²) >= 11 is 0. The van der Waals surface area contributed by atoms with Crippen LogP contribution in [0.5, 0.6) is 0 Å². The zero-order chi connectivity index (χ0) is 14.2. The summed E-state index contributed by atoms with van der Waals surface area (Å²) in [4.78, 5) is 2.63. The highest BCUT2D eigenvalue weighted by Crippen LogP contribution is 2.37. The molecule has 3 atom stereocenters. The molecule has 1 aromatic carbocycles. The number of fused-ring (bicyclic) bond motifs is 1. The molecular formula is C17H26N2O. The smallest absolute Gasteiger partial charge is 0.0777 e. The van der Waals surface area contributed by atoms with Crippen LogP contribution in [0, 0.1) is 0 Å². The number of piperidine rings is 1. The third kappa shape index (κ3) is 2.39. The normalized spacial score (nSPS) is 34.1. The maximum Gasteiger partial charge on any atom is 0.0777 e. The molecule has 3 nitrogen and oxygen atoms in total. The first-order valence-corrected chi connectivity index (χ1v) is 7.71. The maximum absolute atomic E-state index is 5.75. The van der Waals surface area contributed by atoms with Gasteiger partial charge in [0.15, 0.2) is 0 Å². The zero-order valence-electron chi connectivity index (χ0n) is 12.9. The van der Waals surface area contributed by atoms with E-state index in [1.807, 2.05) is 7.11 Å². The minimum absolute atomic E-state index is 0.0192. The summed E-state index contributed by atoms with van der Waals surface area (Å²) in [7, 11) is 3.93. The first-order valence-electron chi connectivity index (χ1n) is 7.71. The molecule has 0 saturated carbocycles. The quantitative estimate of drug-likeness (QED) is 0.916. The first kappa shape index (κ1) is 14.1. The van der Waals surface area contributed by atoms with Crippen molar-refractivity contribution in [2.45, 2.75) is 43.9 Å². The molecule has 0 radical (unpaired) electrons. The van der Waals surface area contributed by atoms with Crippen molar-refractivity contribution in [2.24, 2.45) is 0 Å². The van der Waals surface area contributed by atoms with Gasteiger partial charge < -0.3 is 10.1 Å². The number of methoxy groups -OCH3 is 1. The average molecular weight is 274 g/mol. The Morgan fingerprint density at radius 2 is 2.15 bits per heavy atom. The fourth-order valence-electron chi connectivity index (χ4n) is 3.96. The van der Waals surface area contributed by atoms with Crippen LogP contribution in [-0.2, 0) is 11.2 Å². The molecular weight excluding hydrogens is 248 g/mol. The number of nitrogens with zero attached hydrogens (tertiary/aromatic N) is 1. The van der Waals surface area contributed by atoms with Crippen molar-refractivity contribution in [1.82, 2.24) is 10.2 Å². The lowest BCUT2D eigenvalue weighted by Crippen LogP contribution is -2.53. The van der Waals surface area contributed by atoms with E-state index in [1.165, 1.54) is 30.5 Å². The second kappa shape index (κ2) is 5.47. The third-order valence-electron chi connectivity index (χ3n) is 5.17. The van der Waals surface area contributed by atoms with Crippen molar-refractivity contribution in [3.05, 3.63) is 35.4 Å². The van der Waals surface area contributed by atoms with Gasteiger partial charge in [-0.3, -0.25) is 4.90 Å². The van der Waals surface area contributed by atoms with Gasteiger partial charge in [0.2, 0.25) is 0 Å². The van der Waals surface area contributed by atoms with E-state index >= 15 is 0 Å². The average Bonchev–Trinajstić information content (AvgIpc) is 2.86. The van der Waals surface area contributed by atoms with Crippen LogP contribution in [0.1, 0.15) is 36.9 Å². The molecule has 2 aliphatic rings. The number of nitrogens with one attached hydrogen (secondary N) is 1. The molecule has 1 heterocycles. The van der Waals surface area contributed by atoms with Gasteiger partial charge in [-0.05, 0) is 50.9 Å². The summed E-state index contributed by atoms with van der Waals surface area (Å²) < 4.78 is 5.75. The number of rotatable bonds is 3. The summed E-state index contributed by atoms with van der Waals surface area (Å²) in [5.41, 5.74) is 3.00. The Labute approximate surface area is 122 Å². The highest BCUT2D eigenvalue weighted by Gasteiger charge is 2.40. The molecule has 1 saturated heterocycles. The highest BCUT2D eigenvalue weighted by atomic mass is 16.5. The molecule has 3 heteroatoms. The van der Waals surface area contributed by atoms with Crippen LogP contribution in [0.3, 0.4) is 0 Å². The molecule has 1 aliphatic heterocycles. The molecule has 110 valence electrons. The van der Waals surface area contributed by atoms with E-state index in [0.29, 0.717) is 12.1 Å². The predicted molar refractivity (Wildman–Crippen MR) is 82.0 cm³/mol. The van der Waals surface area contributed by atoms with Crippen LogP contribution in [-0.4, -0.2) is 43.8 Å². The van der Waals surface area contributed by atoms with E-state index < -0.39 is 0 Å². The van der Waals surface area contributed by atoms with Crippen molar-refractivity contribution in [3.8, 4) is 0 Å². The number of benzene rings is 1. The van der Waals surface area contributed by atoms with Gasteiger partial charge in [-0.2, -0.15) is 0 Å². The molecule has 0 spiro atoms. The minimum atomic E-state index is 0.0192. The fourth-order valence-corrected chi connectivity index (χ4v) is 3.96. The summed E-state index contributed by atoms with van der Waals surface area (Å²) in [5, 5.41) is 3.53. The standard InChI is InChI=1S/C17H26N2O/c1-17(20-3)9-6-10-19(12-17)15-11-13-7-4-5-8-14(13)16(15)18-2/h4-5,7-8,15-16,18H,6,9-12H2,1-3H3. The molecule has 3 rings (SSSR count). The molecule has 3 unspecified atom stereocenters. The Bertz CT molecular complexity index is 476. The molecule has 0 aromatic heterocycles. The van der Waals surface area contributed by atoms with Crippen LogP contribution in [0.15, 0.2) is 24.3 Å². The van der Waals surface area contributed by atoms with Gasteiger partial charge >= 0.3 is 0 Å². The molecule has 1 N–H and O–H groups in total. The zero-order valence-corrected chi connectivity index (χ0v) is 12.9. The summed E-state index contributed by atoms with van der Waals surface area (Å²) in [6.45, 7) is 4.48. The summed E-state index contributed by atoms with van der Waals surface area (Å²) in [6.07, 6.45) is 3.55. The van der Waals surface area contributed by atoms with Gasteiger partial charge in [0, 0.05) is 25.7 Å². The molecule has 0 bridgehead atoms. The largest absolute Gasteiger partial charge is 0.377 e. The number of hydrogen-bond acceptors (Lipinski definition) is 3. The van der Waals surface area contributed by atoms with E-state index in [2.05, 4.69) is 48.5 Å². The number of ether oxygens (including phenoxy) is 1. The Kier molecular flexibility index (Phi) is 3.85. The Morgan fingerprint density at radius 1 is 1.35 bits per heavy atom. The minimum Gasteiger partial charge on any atom is -0.377 e. The van der Waals surface area contributed by atoms with Crippen LogP contribution in [0.4, 0.5) is 0 Å². The van der Waals surface area contributed by atoms with Gasteiger partial charge in [0.05, 0.1) is 5.60 Å². The lowest BCUT2D eigenvalue weighted by atomic mass is 9.92. The summed E-state index contributed by atoms with van der Waals surface area (Å²) in [5.74, 6) is 0. The lowest BCUT2D eigenvalue weighted by molar-refractivity contribution is -0.0635. The van der Waals surface area contributed by atoms with Crippen LogP contribution < -0.4 is 5.32 Å². The third-order valence-corrected chi connectivity index (χ3v) is 5.17. The maximum atomic E-state index is 5.75. The number of hydrogen-bond donors (Lipinski definition) is 1. The summed E-state index contributed by atoms with van der Waals surface area (Å²) in [6, 6.07) is 9.87. The van der Waals surface area contributed by atoms with Crippen molar-refractivity contribution in [1.29, 1.82) is 0 Å². The number of likely N-dealkylation sites (N-methyl/N-ethyl adjacent to an activating group) is 1. The van der Waals surface area contributed by atoms with Crippen molar-refractivity contribution < 1.29 is 4.74 Å². The molecule has 20 heavy (non-hydrogen) atoms. The van der Waals surface area contributed by atoms with E-state index in [4.69, 9.17) is 4.74 Å². The monoisotopic (exact) mass is 274 g/mol. The molecule has 1 aliphatic carbocycles. The van der Waals surface area contributed by atoms with Crippen molar-refractivity contribution in [3.63, 3.8) is 0 Å². The van der Waals surface area contributed by atoms with Gasteiger partial charge in [0.1, 0.15) is 0 Å². The lowest BCUT2D eigenvalue weighted by Gasteiger charge is -2.43. The van der Waals surface area contributed by atoms with Gasteiger partial charge in [-0.1, -0.05) is 24.3 Å². The Hall–Kier alpha value is -0.900. The van der Waals surface area contributed by atoms with Gasteiger partial charge in [-0.15, -0.1) is 0 Å². The fraction of sp³-hybridized carbons (Fsp3) is 0.647. The Morgan fingerprint density at radius 3 is 2.90 bits per heavy atom. The highest BCUT2D eigenvalue weighted by molar-refractivity contribution is 5.37. The Balaban J connectivity index is 1.81. The van der Waals surface area contributed by atoms with Crippen molar-refractivity contribution >= 4 is 0 Å². The van der Waals surface area contributed by atoms with E-state index in [0.717, 1.165) is 13.0 Å². The molecule has 1 fully saturated rings. The molecule has 1 aromatic rings. The van der Waals surface area contributed by atoms with E-state index in [-0.39, 0.29) is 5.60 Å². The predicted octanol–water partition coefficient (Wildman–Crippen LogP) is 2.37. The second-order valence-electron chi connectivity index (χ2n) is 6.46. The van der Waals surface area contributed by atoms with Gasteiger partial charge in [-0.25, -0.2) is 0 Å². The SMILES string of the molecule is CNC1c2ccccc2CC1N1CCCC(C)(OC)C1. The van der Waals surface area contributed by atoms with Crippen LogP contribution in [0.25, 0.3) is 0 Å². The van der Waals surface area contributed by atoms with Gasteiger partial charge in [0.25, 0.3) is 0 Å². The first-order chi connectivity index (χ1) is 9.67. The second-order valence-corrected chi connectivity index (χ2v) is 6.46.